The SMILES string of the molecule is COc1cccc(-c2c(C)n(Cc3c(F)cccc3F)c(=O)n(C[C@@H](C)NCc3ccccn3)c2=O)c1. The number of methoxy groups -OCH3 is 1. The minimum atomic E-state index is -0.766. The zero-order chi connectivity index (χ0) is 26.5. The zero-order valence-electron chi connectivity index (χ0n) is 20.9. The summed E-state index contributed by atoms with van der Waals surface area (Å²) < 4.78 is 36.7. The summed E-state index contributed by atoms with van der Waals surface area (Å²) in [5, 5.41) is 3.27. The number of pyridine rings is 1. The molecule has 37 heavy (non-hydrogen) atoms. The highest BCUT2D eigenvalue weighted by atomic mass is 19.1. The molecule has 0 amide bonds. The zero-order valence-corrected chi connectivity index (χ0v) is 20.9. The number of aromatic nitrogens is 3. The van der Waals surface area contributed by atoms with E-state index in [4.69, 9.17) is 4.74 Å². The van der Waals surface area contributed by atoms with Crippen LogP contribution >= 0.6 is 0 Å². The molecule has 0 radical (unpaired) electrons. The van der Waals surface area contributed by atoms with Gasteiger partial charge in [0.15, 0.2) is 0 Å². The van der Waals surface area contributed by atoms with Crippen molar-refractivity contribution in [1.29, 1.82) is 0 Å². The summed E-state index contributed by atoms with van der Waals surface area (Å²) in [7, 11) is 1.51. The monoisotopic (exact) mass is 506 g/mol. The van der Waals surface area contributed by atoms with Crippen LogP contribution in [0.1, 0.15) is 23.9 Å². The molecular formula is C28H28F2N4O3. The van der Waals surface area contributed by atoms with Crippen LogP contribution in [0.4, 0.5) is 8.78 Å². The van der Waals surface area contributed by atoms with Crippen LogP contribution in [0, 0.1) is 18.6 Å². The third-order valence-electron chi connectivity index (χ3n) is 6.24. The van der Waals surface area contributed by atoms with Crippen LogP contribution in [0.25, 0.3) is 11.1 Å². The van der Waals surface area contributed by atoms with E-state index in [1.165, 1.54) is 17.7 Å². The molecule has 0 bridgehead atoms. The standard InChI is InChI=1S/C28H28F2N4O3/c1-18(32-15-21-9-4-5-13-31-21)16-34-27(35)26(20-8-6-10-22(14-20)37-3)19(2)33(28(34)36)17-23-24(29)11-7-12-25(23)30/h4-14,18,32H,15-17H2,1-3H3/t18-/m1/s1. The van der Waals surface area contributed by atoms with Crippen LogP contribution in [0.5, 0.6) is 5.75 Å². The number of rotatable bonds is 9. The Morgan fingerprint density at radius 2 is 1.73 bits per heavy atom. The lowest BCUT2D eigenvalue weighted by Gasteiger charge is -2.20. The summed E-state index contributed by atoms with van der Waals surface area (Å²) in [6.45, 7) is 3.57. The molecule has 1 atom stereocenters. The molecule has 0 spiro atoms. The molecule has 192 valence electrons. The molecule has 0 aliphatic carbocycles. The van der Waals surface area contributed by atoms with E-state index in [0.29, 0.717) is 23.6 Å². The van der Waals surface area contributed by atoms with Gasteiger partial charge in [0, 0.05) is 36.6 Å². The first-order valence-electron chi connectivity index (χ1n) is 11.8. The van der Waals surface area contributed by atoms with Crippen molar-refractivity contribution in [2.45, 2.75) is 39.5 Å². The second-order valence-electron chi connectivity index (χ2n) is 8.78. The summed E-state index contributed by atoms with van der Waals surface area (Å²) in [5.41, 5.74) is 0.512. The summed E-state index contributed by atoms with van der Waals surface area (Å²) in [4.78, 5) is 31.5. The van der Waals surface area contributed by atoms with Crippen molar-refractivity contribution in [2.24, 2.45) is 0 Å². The van der Waals surface area contributed by atoms with Crippen LogP contribution in [-0.2, 0) is 19.6 Å². The van der Waals surface area contributed by atoms with E-state index in [1.807, 2.05) is 25.1 Å². The van der Waals surface area contributed by atoms with Crippen molar-refractivity contribution < 1.29 is 13.5 Å². The Bertz CT molecular complexity index is 1500. The van der Waals surface area contributed by atoms with Crippen LogP contribution in [0.3, 0.4) is 0 Å². The van der Waals surface area contributed by atoms with Gasteiger partial charge in [-0.05, 0) is 55.8 Å². The van der Waals surface area contributed by atoms with Gasteiger partial charge in [0.2, 0.25) is 0 Å². The highest BCUT2D eigenvalue weighted by Gasteiger charge is 2.21. The van der Waals surface area contributed by atoms with Gasteiger partial charge >= 0.3 is 5.69 Å². The van der Waals surface area contributed by atoms with Gasteiger partial charge in [-0.2, -0.15) is 0 Å². The van der Waals surface area contributed by atoms with E-state index in [9.17, 15) is 18.4 Å². The maximum absolute atomic E-state index is 14.5. The van der Waals surface area contributed by atoms with Gasteiger partial charge in [0.25, 0.3) is 5.56 Å². The fraction of sp³-hybridized carbons (Fsp3) is 0.250. The molecule has 0 fully saturated rings. The van der Waals surface area contributed by atoms with Gasteiger partial charge < -0.3 is 10.1 Å². The van der Waals surface area contributed by atoms with E-state index in [0.717, 1.165) is 22.4 Å². The van der Waals surface area contributed by atoms with Gasteiger partial charge in [0.05, 0.1) is 24.9 Å². The molecule has 4 aromatic rings. The average Bonchev–Trinajstić information content (AvgIpc) is 2.90. The topological polar surface area (TPSA) is 78.2 Å². The van der Waals surface area contributed by atoms with E-state index in [-0.39, 0.29) is 30.3 Å². The number of benzene rings is 2. The molecule has 0 unspecified atom stereocenters. The minimum absolute atomic E-state index is 0.0432. The lowest BCUT2D eigenvalue weighted by Crippen LogP contribution is -2.46. The molecule has 0 saturated carbocycles. The summed E-state index contributed by atoms with van der Waals surface area (Å²) >= 11 is 0. The summed E-state index contributed by atoms with van der Waals surface area (Å²) in [5.74, 6) is -0.999. The van der Waals surface area contributed by atoms with Crippen molar-refractivity contribution in [3.63, 3.8) is 0 Å². The minimum Gasteiger partial charge on any atom is -0.497 e. The van der Waals surface area contributed by atoms with Crippen molar-refractivity contribution in [1.82, 2.24) is 19.4 Å². The Morgan fingerprint density at radius 1 is 1.00 bits per heavy atom. The van der Waals surface area contributed by atoms with E-state index in [2.05, 4.69) is 10.3 Å². The Hall–Kier alpha value is -4.11. The lowest BCUT2D eigenvalue weighted by molar-refractivity contribution is 0.415. The molecule has 1 N–H and O–H groups in total. The number of nitrogens with one attached hydrogen (secondary N) is 1. The molecule has 2 heterocycles. The molecule has 2 aromatic carbocycles. The van der Waals surface area contributed by atoms with E-state index >= 15 is 0 Å². The fourth-order valence-electron chi connectivity index (χ4n) is 4.22. The molecule has 0 saturated heterocycles. The Labute approximate surface area is 213 Å². The van der Waals surface area contributed by atoms with Gasteiger partial charge in [-0.25, -0.2) is 13.6 Å². The highest BCUT2D eigenvalue weighted by molar-refractivity contribution is 5.66. The van der Waals surface area contributed by atoms with Crippen molar-refractivity contribution >= 4 is 0 Å². The van der Waals surface area contributed by atoms with E-state index in [1.54, 1.807) is 37.4 Å². The maximum Gasteiger partial charge on any atom is 0.331 e. The van der Waals surface area contributed by atoms with Crippen LogP contribution in [-0.4, -0.2) is 27.3 Å². The van der Waals surface area contributed by atoms with Crippen LogP contribution in [0.2, 0.25) is 0 Å². The van der Waals surface area contributed by atoms with Crippen molar-refractivity contribution in [3.05, 3.63) is 116 Å². The summed E-state index contributed by atoms with van der Waals surface area (Å²) in [6.07, 6.45) is 1.69. The maximum atomic E-state index is 14.5. The largest absolute Gasteiger partial charge is 0.497 e. The van der Waals surface area contributed by atoms with Crippen molar-refractivity contribution in [2.75, 3.05) is 7.11 Å². The van der Waals surface area contributed by atoms with Crippen LogP contribution in [0.15, 0.2) is 76.4 Å². The summed E-state index contributed by atoms with van der Waals surface area (Å²) in [6, 6.07) is 15.7. The molecule has 0 aliphatic rings. The first-order chi connectivity index (χ1) is 17.8. The van der Waals surface area contributed by atoms with Crippen molar-refractivity contribution in [3.8, 4) is 16.9 Å². The second kappa shape index (κ2) is 11.3. The molecule has 9 heteroatoms. The number of hydrogen-bond donors (Lipinski definition) is 1. The molecular weight excluding hydrogens is 478 g/mol. The average molecular weight is 507 g/mol. The van der Waals surface area contributed by atoms with Gasteiger partial charge in [0.1, 0.15) is 17.4 Å². The van der Waals surface area contributed by atoms with Crippen LogP contribution < -0.4 is 21.3 Å². The molecule has 4 rings (SSSR count). The number of nitrogens with zero attached hydrogens (tertiary/aromatic N) is 3. The first-order valence-corrected chi connectivity index (χ1v) is 11.8. The Balaban J connectivity index is 1.80. The molecule has 7 nitrogen and oxygen atoms in total. The van der Waals surface area contributed by atoms with Gasteiger partial charge in [-0.1, -0.05) is 24.3 Å². The molecule has 0 aliphatic heterocycles. The predicted molar refractivity (Wildman–Crippen MR) is 138 cm³/mol. The second-order valence-corrected chi connectivity index (χ2v) is 8.78. The predicted octanol–water partition coefficient (Wildman–Crippen LogP) is 3.89. The van der Waals surface area contributed by atoms with Gasteiger partial charge in [-0.15, -0.1) is 0 Å². The first kappa shape index (κ1) is 26.0. The van der Waals surface area contributed by atoms with Gasteiger partial charge in [-0.3, -0.25) is 18.9 Å². The highest BCUT2D eigenvalue weighted by Crippen LogP contribution is 2.24. The fourth-order valence-corrected chi connectivity index (χ4v) is 4.22. The lowest BCUT2D eigenvalue weighted by atomic mass is 10.0. The number of ether oxygens (including phenoxy) is 1. The normalized spacial score (nSPS) is 11.9. The van der Waals surface area contributed by atoms with E-state index < -0.39 is 22.9 Å². The number of halogens is 2. The third-order valence-corrected chi connectivity index (χ3v) is 6.24. The quantitative estimate of drug-likeness (QED) is 0.373. The smallest absolute Gasteiger partial charge is 0.331 e. The number of hydrogen-bond acceptors (Lipinski definition) is 5. The Morgan fingerprint density at radius 3 is 2.41 bits per heavy atom. The molecule has 2 aromatic heterocycles. The third kappa shape index (κ3) is 5.67. The Kier molecular flexibility index (Phi) is 7.93.